The first-order chi connectivity index (χ1) is 10.7. The number of imidazole rings is 1. The summed E-state index contributed by atoms with van der Waals surface area (Å²) in [4.78, 5) is 16.5. The molecule has 1 fully saturated rings. The van der Waals surface area contributed by atoms with Gasteiger partial charge in [0.2, 0.25) is 5.91 Å². The Labute approximate surface area is 130 Å². The smallest absolute Gasteiger partial charge is 0.225 e. The highest BCUT2D eigenvalue weighted by atomic mass is 16.3. The quantitative estimate of drug-likeness (QED) is 0.830. The third kappa shape index (κ3) is 2.99. The first-order valence-electron chi connectivity index (χ1n) is 8.04. The number of aromatic nitrogens is 2. The molecule has 1 aliphatic rings. The summed E-state index contributed by atoms with van der Waals surface area (Å²) < 4.78 is 2.19. The van der Waals surface area contributed by atoms with Crippen molar-refractivity contribution in [1.82, 2.24) is 14.9 Å². The zero-order valence-corrected chi connectivity index (χ0v) is 13.0. The van der Waals surface area contributed by atoms with E-state index < -0.39 is 6.10 Å². The van der Waals surface area contributed by atoms with Crippen LogP contribution in [0.25, 0.3) is 11.0 Å². The van der Waals surface area contributed by atoms with Gasteiger partial charge in [0.15, 0.2) is 0 Å². The maximum atomic E-state index is 12.0. The van der Waals surface area contributed by atoms with Crippen molar-refractivity contribution in [2.45, 2.75) is 45.3 Å². The Morgan fingerprint density at radius 3 is 3.00 bits per heavy atom. The fourth-order valence-electron chi connectivity index (χ4n) is 3.30. The van der Waals surface area contributed by atoms with Crippen molar-refractivity contribution < 1.29 is 9.90 Å². The molecule has 1 heterocycles. The predicted molar refractivity (Wildman–Crippen MR) is 85.4 cm³/mol. The highest BCUT2D eigenvalue weighted by molar-refractivity contribution is 5.79. The van der Waals surface area contributed by atoms with Crippen LogP contribution in [0.5, 0.6) is 0 Å². The van der Waals surface area contributed by atoms with Crippen LogP contribution in [0.3, 0.4) is 0 Å². The maximum absolute atomic E-state index is 12.0. The summed E-state index contributed by atoms with van der Waals surface area (Å²) in [6, 6.07) is 8.10. The molecule has 1 aromatic carbocycles. The van der Waals surface area contributed by atoms with E-state index in [1.165, 1.54) is 0 Å². The molecule has 5 heteroatoms. The Morgan fingerprint density at radius 1 is 1.41 bits per heavy atom. The summed E-state index contributed by atoms with van der Waals surface area (Å²) in [5, 5.41) is 12.7. The number of nitrogens with zero attached hydrogens (tertiary/aromatic N) is 2. The number of para-hydroxylation sites is 2. The first-order valence-corrected chi connectivity index (χ1v) is 8.04. The Morgan fingerprint density at radius 2 is 2.23 bits per heavy atom. The molecule has 0 saturated heterocycles. The average molecular weight is 301 g/mol. The van der Waals surface area contributed by atoms with Crippen LogP contribution < -0.4 is 5.32 Å². The number of hydrogen-bond acceptors (Lipinski definition) is 3. The van der Waals surface area contributed by atoms with E-state index in [0.717, 1.165) is 49.1 Å². The van der Waals surface area contributed by atoms with Crippen LogP contribution in [-0.2, 0) is 11.3 Å². The largest absolute Gasteiger partial charge is 0.392 e. The molecule has 1 aliphatic carbocycles. The topological polar surface area (TPSA) is 67.2 Å². The number of fused-ring (bicyclic) bond motifs is 1. The SMILES string of the molecule is Cc1nc2ccccc2n1CCCNC(=O)C1CCCC1O. The average Bonchev–Trinajstić information content (AvgIpc) is 3.07. The summed E-state index contributed by atoms with van der Waals surface area (Å²) in [6.07, 6.45) is 2.89. The van der Waals surface area contributed by atoms with Gasteiger partial charge in [-0.05, 0) is 44.7 Å². The molecular formula is C17H23N3O2. The summed E-state index contributed by atoms with van der Waals surface area (Å²) >= 11 is 0. The van der Waals surface area contributed by atoms with E-state index in [9.17, 15) is 9.90 Å². The number of aliphatic hydroxyl groups is 1. The van der Waals surface area contributed by atoms with Crippen LogP contribution in [0.4, 0.5) is 0 Å². The van der Waals surface area contributed by atoms with Crippen molar-refractivity contribution in [1.29, 1.82) is 0 Å². The van der Waals surface area contributed by atoms with Gasteiger partial charge in [-0.2, -0.15) is 0 Å². The van der Waals surface area contributed by atoms with Crippen molar-refractivity contribution in [3.63, 3.8) is 0 Å². The van der Waals surface area contributed by atoms with Gasteiger partial charge in [0.1, 0.15) is 5.82 Å². The van der Waals surface area contributed by atoms with Crippen LogP contribution in [0.15, 0.2) is 24.3 Å². The Hall–Kier alpha value is -1.88. The van der Waals surface area contributed by atoms with Gasteiger partial charge < -0.3 is 15.0 Å². The molecular weight excluding hydrogens is 278 g/mol. The lowest BCUT2D eigenvalue weighted by Crippen LogP contribution is -2.35. The fourth-order valence-corrected chi connectivity index (χ4v) is 3.30. The molecule has 2 N–H and O–H groups in total. The molecule has 0 bridgehead atoms. The fraction of sp³-hybridized carbons (Fsp3) is 0.529. The minimum atomic E-state index is -0.458. The van der Waals surface area contributed by atoms with Crippen LogP contribution in [0.2, 0.25) is 0 Å². The van der Waals surface area contributed by atoms with E-state index >= 15 is 0 Å². The Kier molecular flexibility index (Phi) is 4.43. The number of aliphatic hydroxyl groups excluding tert-OH is 1. The van der Waals surface area contributed by atoms with E-state index in [1.54, 1.807) is 0 Å². The third-order valence-corrected chi connectivity index (χ3v) is 4.52. The molecule has 3 rings (SSSR count). The van der Waals surface area contributed by atoms with Crippen molar-refractivity contribution >= 4 is 16.9 Å². The third-order valence-electron chi connectivity index (χ3n) is 4.52. The van der Waals surface area contributed by atoms with Gasteiger partial charge >= 0.3 is 0 Å². The number of rotatable bonds is 5. The number of carbonyl (C=O) groups excluding carboxylic acids is 1. The second kappa shape index (κ2) is 6.48. The molecule has 0 aliphatic heterocycles. The van der Waals surface area contributed by atoms with Gasteiger partial charge in [-0.3, -0.25) is 4.79 Å². The van der Waals surface area contributed by atoms with Gasteiger partial charge in [0.05, 0.1) is 23.1 Å². The Bertz CT molecular complexity index is 665. The molecule has 0 radical (unpaired) electrons. The molecule has 5 nitrogen and oxygen atoms in total. The Balaban J connectivity index is 1.52. The predicted octanol–water partition coefficient (Wildman–Crippen LogP) is 2.01. The van der Waals surface area contributed by atoms with Gasteiger partial charge in [-0.15, -0.1) is 0 Å². The minimum absolute atomic E-state index is 0.00258. The first kappa shape index (κ1) is 15.0. The van der Waals surface area contributed by atoms with Gasteiger partial charge in [0.25, 0.3) is 0 Å². The number of hydrogen-bond donors (Lipinski definition) is 2. The number of aryl methyl sites for hydroxylation is 2. The van der Waals surface area contributed by atoms with Crippen LogP contribution >= 0.6 is 0 Å². The lowest BCUT2D eigenvalue weighted by atomic mass is 10.1. The summed E-state index contributed by atoms with van der Waals surface area (Å²) in [5.74, 6) is 0.784. The van der Waals surface area contributed by atoms with E-state index in [-0.39, 0.29) is 11.8 Å². The van der Waals surface area contributed by atoms with Crippen molar-refractivity contribution in [2.24, 2.45) is 5.92 Å². The number of nitrogens with one attached hydrogen (secondary N) is 1. The normalized spacial score (nSPS) is 21.4. The standard InChI is InChI=1S/C17H23N3O2/c1-12-19-14-7-2-3-8-15(14)20(12)11-5-10-18-17(22)13-6-4-9-16(13)21/h2-3,7-8,13,16,21H,4-6,9-11H2,1H3,(H,18,22). The van der Waals surface area contributed by atoms with Crippen LogP contribution in [0, 0.1) is 12.8 Å². The zero-order chi connectivity index (χ0) is 15.5. The van der Waals surface area contributed by atoms with Gasteiger partial charge in [-0.25, -0.2) is 4.98 Å². The van der Waals surface area contributed by atoms with Gasteiger partial charge in [0, 0.05) is 13.1 Å². The second-order valence-electron chi connectivity index (χ2n) is 6.05. The van der Waals surface area contributed by atoms with E-state index in [4.69, 9.17) is 0 Å². The van der Waals surface area contributed by atoms with Gasteiger partial charge in [-0.1, -0.05) is 12.1 Å². The van der Waals surface area contributed by atoms with E-state index in [1.807, 2.05) is 25.1 Å². The molecule has 2 aromatic rings. The highest BCUT2D eigenvalue weighted by Gasteiger charge is 2.30. The number of carbonyl (C=O) groups is 1. The maximum Gasteiger partial charge on any atom is 0.225 e. The summed E-state index contributed by atoms with van der Waals surface area (Å²) in [6.45, 7) is 3.47. The highest BCUT2D eigenvalue weighted by Crippen LogP contribution is 2.25. The van der Waals surface area contributed by atoms with E-state index in [2.05, 4.69) is 20.9 Å². The lowest BCUT2D eigenvalue weighted by molar-refractivity contribution is -0.127. The van der Waals surface area contributed by atoms with Crippen molar-refractivity contribution in [3.8, 4) is 0 Å². The second-order valence-corrected chi connectivity index (χ2v) is 6.05. The molecule has 2 atom stereocenters. The molecule has 1 aromatic heterocycles. The van der Waals surface area contributed by atoms with Crippen LogP contribution in [-0.4, -0.2) is 33.2 Å². The minimum Gasteiger partial charge on any atom is -0.392 e. The molecule has 2 unspecified atom stereocenters. The molecule has 118 valence electrons. The molecule has 22 heavy (non-hydrogen) atoms. The van der Waals surface area contributed by atoms with Crippen molar-refractivity contribution in [2.75, 3.05) is 6.54 Å². The molecule has 0 spiro atoms. The summed E-state index contributed by atoms with van der Waals surface area (Å²) in [5.41, 5.74) is 2.15. The lowest BCUT2D eigenvalue weighted by Gasteiger charge is -2.14. The zero-order valence-electron chi connectivity index (χ0n) is 13.0. The monoisotopic (exact) mass is 301 g/mol. The number of benzene rings is 1. The number of amides is 1. The van der Waals surface area contributed by atoms with E-state index in [0.29, 0.717) is 6.54 Å². The molecule has 1 amide bonds. The van der Waals surface area contributed by atoms with Crippen LogP contribution in [0.1, 0.15) is 31.5 Å². The summed E-state index contributed by atoms with van der Waals surface area (Å²) in [7, 11) is 0. The molecule has 1 saturated carbocycles. The van der Waals surface area contributed by atoms with Crippen molar-refractivity contribution in [3.05, 3.63) is 30.1 Å².